The Kier molecular flexibility index (Phi) is 6.53. The first kappa shape index (κ1) is 19.7. The van der Waals surface area contributed by atoms with Crippen molar-refractivity contribution in [2.45, 2.75) is 12.5 Å². The minimum Gasteiger partial charge on any atom is -0.480 e. The molecule has 0 spiro atoms. The lowest BCUT2D eigenvalue weighted by molar-refractivity contribution is -0.139. The van der Waals surface area contributed by atoms with E-state index in [4.69, 9.17) is 20.1 Å². The first-order chi connectivity index (χ1) is 12.3. The van der Waals surface area contributed by atoms with Gasteiger partial charge in [0.25, 0.3) is 5.91 Å². The highest BCUT2D eigenvalue weighted by atomic mass is 16.4. The van der Waals surface area contributed by atoms with E-state index in [9.17, 15) is 14.7 Å². The highest BCUT2D eigenvalue weighted by molar-refractivity contribution is 6.59. The summed E-state index contributed by atoms with van der Waals surface area (Å²) < 4.78 is 0. The molecule has 0 bridgehead atoms. The molecule has 0 saturated heterocycles. The second kappa shape index (κ2) is 8.63. The minimum absolute atomic E-state index is 0.00874. The largest absolute Gasteiger partial charge is 0.488 e. The van der Waals surface area contributed by atoms with E-state index in [0.717, 1.165) is 0 Å². The average molecular weight is 357 g/mol. The zero-order valence-electron chi connectivity index (χ0n) is 13.6. The average Bonchev–Trinajstić information content (AvgIpc) is 2.61. The summed E-state index contributed by atoms with van der Waals surface area (Å²) >= 11 is 0. The smallest absolute Gasteiger partial charge is 0.480 e. The highest BCUT2D eigenvalue weighted by Crippen LogP contribution is 2.05. The van der Waals surface area contributed by atoms with Crippen molar-refractivity contribution in [1.29, 1.82) is 0 Å². The molecule has 6 N–H and O–H groups in total. The van der Waals surface area contributed by atoms with Crippen LogP contribution in [0.3, 0.4) is 0 Å². The van der Waals surface area contributed by atoms with Crippen molar-refractivity contribution >= 4 is 37.0 Å². The number of carbonyl (C=O) groups is 2. The van der Waals surface area contributed by atoms with Crippen LogP contribution in [-0.2, 0) is 11.2 Å². The highest BCUT2D eigenvalue weighted by Gasteiger charge is 2.22. The Balaban J connectivity index is 2.11. The zero-order chi connectivity index (χ0) is 19.3. The van der Waals surface area contributed by atoms with E-state index >= 15 is 0 Å². The van der Waals surface area contributed by atoms with Crippen LogP contribution >= 0.6 is 0 Å². The van der Waals surface area contributed by atoms with Crippen LogP contribution in [0.15, 0.2) is 48.5 Å². The van der Waals surface area contributed by atoms with Gasteiger partial charge in [0.15, 0.2) is 0 Å². The number of amides is 1. The Hall–Kier alpha value is -2.65. The number of carboxylic acid groups (broad SMARTS) is 1. The number of hydrogen-bond donors (Lipinski definition) is 6. The lowest BCUT2D eigenvalue weighted by atomic mass is 9.79. The van der Waals surface area contributed by atoms with Crippen molar-refractivity contribution in [3.63, 3.8) is 0 Å². The van der Waals surface area contributed by atoms with Crippen LogP contribution in [0.4, 0.5) is 0 Å². The Morgan fingerprint density at radius 1 is 0.923 bits per heavy atom. The lowest BCUT2D eigenvalue weighted by Crippen LogP contribution is -2.43. The molecule has 0 unspecified atom stereocenters. The normalized spacial score (nSPS) is 11.5. The summed E-state index contributed by atoms with van der Waals surface area (Å²) in [5.74, 6) is -1.90. The van der Waals surface area contributed by atoms with Crippen LogP contribution in [0.1, 0.15) is 15.9 Å². The quantitative estimate of drug-likeness (QED) is 0.300. The van der Waals surface area contributed by atoms with Gasteiger partial charge in [-0.05, 0) is 28.6 Å². The Morgan fingerprint density at radius 2 is 1.54 bits per heavy atom. The van der Waals surface area contributed by atoms with Crippen LogP contribution in [-0.4, -0.2) is 57.4 Å². The molecule has 0 saturated carbocycles. The first-order valence-corrected chi connectivity index (χ1v) is 7.72. The Labute approximate surface area is 150 Å². The fraction of sp³-hybridized carbons (Fsp3) is 0.125. The number of rotatable bonds is 7. The van der Waals surface area contributed by atoms with Gasteiger partial charge in [0.05, 0.1) is 0 Å². The Morgan fingerprint density at radius 3 is 2.08 bits per heavy atom. The minimum atomic E-state index is -1.74. The summed E-state index contributed by atoms with van der Waals surface area (Å²) in [4.78, 5) is 23.7. The second-order valence-electron chi connectivity index (χ2n) is 5.68. The van der Waals surface area contributed by atoms with E-state index in [1.165, 1.54) is 36.4 Å². The summed E-state index contributed by atoms with van der Waals surface area (Å²) in [6.45, 7) is 0. The topological polar surface area (TPSA) is 147 Å². The molecule has 0 radical (unpaired) electrons. The molecule has 1 atom stereocenters. The van der Waals surface area contributed by atoms with E-state index < -0.39 is 32.2 Å². The number of aliphatic carboxylic acids is 1. The van der Waals surface area contributed by atoms with E-state index in [2.05, 4.69) is 5.32 Å². The molecular weight excluding hydrogens is 340 g/mol. The molecule has 0 aliphatic rings. The van der Waals surface area contributed by atoms with Crippen LogP contribution in [0.2, 0.25) is 0 Å². The molecule has 0 aliphatic heterocycles. The van der Waals surface area contributed by atoms with Crippen LogP contribution in [0.5, 0.6) is 0 Å². The number of benzene rings is 2. The molecule has 1 amide bonds. The molecular formula is C16H17B2NO7. The van der Waals surface area contributed by atoms with Crippen molar-refractivity contribution in [3.8, 4) is 0 Å². The summed E-state index contributed by atoms with van der Waals surface area (Å²) in [6.07, 6.45) is -0.00874. The molecule has 10 heteroatoms. The lowest BCUT2D eigenvalue weighted by Gasteiger charge is -2.15. The van der Waals surface area contributed by atoms with Gasteiger partial charge in [-0.15, -0.1) is 0 Å². The molecule has 134 valence electrons. The molecule has 2 aromatic rings. The van der Waals surface area contributed by atoms with E-state index in [-0.39, 0.29) is 22.9 Å². The molecule has 8 nitrogen and oxygen atoms in total. The summed E-state index contributed by atoms with van der Waals surface area (Å²) in [5, 5.41) is 48.1. The third kappa shape index (κ3) is 5.17. The monoisotopic (exact) mass is 357 g/mol. The maximum absolute atomic E-state index is 12.3. The summed E-state index contributed by atoms with van der Waals surface area (Å²) in [7, 11) is -3.36. The van der Waals surface area contributed by atoms with Crippen molar-refractivity contribution in [2.75, 3.05) is 0 Å². The molecule has 0 fully saturated rings. The van der Waals surface area contributed by atoms with Gasteiger partial charge in [0, 0.05) is 12.0 Å². The van der Waals surface area contributed by atoms with Crippen LogP contribution < -0.4 is 16.2 Å². The Bertz CT molecular complexity index is 780. The molecule has 0 heterocycles. The van der Waals surface area contributed by atoms with Gasteiger partial charge in [-0.2, -0.15) is 0 Å². The van der Waals surface area contributed by atoms with Crippen LogP contribution in [0.25, 0.3) is 0 Å². The van der Waals surface area contributed by atoms with Crippen molar-refractivity contribution in [1.82, 2.24) is 5.32 Å². The standard InChI is InChI=1S/C16H17B2NO7/c20-15(11-2-1-3-13(9-11)18(25)26)19-14(16(21)22)8-10-4-6-12(7-5-10)17(23)24/h1-7,9,14,23-26H,8H2,(H,19,20)(H,21,22)/t14-/m0/s1. The van der Waals surface area contributed by atoms with Crippen LogP contribution in [0, 0.1) is 0 Å². The first-order valence-electron chi connectivity index (χ1n) is 7.72. The molecule has 2 aromatic carbocycles. The third-order valence-electron chi connectivity index (χ3n) is 3.77. The summed E-state index contributed by atoms with van der Waals surface area (Å²) in [6, 6.07) is 10.3. The summed E-state index contributed by atoms with van der Waals surface area (Å²) in [5.41, 5.74) is 1.06. The van der Waals surface area contributed by atoms with Crippen molar-refractivity contribution in [3.05, 3.63) is 59.7 Å². The predicted molar refractivity (Wildman–Crippen MR) is 95.1 cm³/mol. The van der Waals surface area contributed by atoms with E-state index in [1.807, 2.05) is 0 Å². The van der Waals surface area contributed by atoms with Gasteiger partial charge in [-0.3, -0.25) is 4.79 Å². The fourth-order valence-corrected chi connectivity index (χ4v) is 2.34. The SMILES string of the molecule is O=C(N[C@@H](Cc1ccc(B(O)O)cc1)C(=O)O)c1cccc(B(O)O)c1. The van der Waals surface area contributed by atoms with E-state index in [1.54, 1.807) is 12.1 Å². The van der Waals surface area contributed by atoms with Gasteiger partial charge in [0.2, 0.25) is 0 Å². The number of carboxylic acids is 1. The maximum atomic E-state index is 12.3. The molecule has 0 aromatic heterocycles. The fourth-order valence-electron chi connectivity index (χ4n) is 2.34. The zero-order valence-corrected chi connectivity index (χ0v) is 13.6. The molecule has 0 aliphatic carbocycles. The van der Waals surface area contributed by atoms with Gasteiger partial charge in [-0.1, -0.05) is 36.4 Å². The third-order valence-corrected chi connectivity index (χ3v) is 3.77. The van der Waals surface area contributed by atoms with Gasteiger partial charge < -0.3 is 30.5 Å². The van der Waals surface area contributed by atoms with Gasteiger partial charge in [0.1, 0.15) is 6.04 Å². The van der Waals surface area contributed by atoms with E-state index in [0.29, 0.717) is 5.56 Å². The second-order valence-corrected chi connectivity index (χ2v) is 5.68. The molecule has 2 rings (SSSR count). The number of carbonyl (C=O) groups excluding carboxylic acids is 1. The molecule has 26 heavy (non-hydrogen) atoms. The number of nitrogens with one attached hydrogen (secondary N) is 1. The maximum Gasteiger partial charge on any atom is 0.488 e. The van der Waals surface area contributed by atoms with Gasteiger partial charge >= 0.3 is 20.2 Å². The predicted octanol–water partition coefficient (Wildman–Crippen LogP) is -2.53. The number of hydrogen-bond acceptors (Lipinski definition) is 6. The van der Waals surface area contributed by atoms with Gasteiger partial charge in [-0.25, -0.2) is 4.79 Å². The van der Waals surface area contributed by atoms with Crippen molar-refractivity contribution < 1.29 is 34.8 Å². The van der Waals surface area contributed by atoms with Crippen molar-refractivity contribution in [2.24, 2.45) is 0 Å².